The van der Waals surface area contributed by atoms with Gasteiger partial charge in [-0.15, -0.1) is 0 Å². The van der Waals surface area contributed by atoms with Gasteiger partial charge in [0.2, 0.25) is 0 Å². The second-order valence-corrected chi connectivity index (χ2v) is 5.22. The molecule has 94 valence electrons. The van der Waals surface area contributed by atoms with Crippen LogP contribution in [0.5, 0.6) is 0 Å². The van der Waals surface area contributed by atoms with Crippen LogP contribution in [-0.4, -0.2) is 22.8 Å². The summed E-state index contributed by atoms with van der Waals surface area (Å²) in [5.41, 5.74) is 1.97. The summed E-state index contributed by atoms with van der Waals surface area (Å²) < 4.78 is 6.79. The Morgan fingerprint density at radius 2 is 2.11 bits per heavy atom. The maximum absolute atomic E-state index is 11.5. The van der Waals surface area contributed by atoms with Crippen molar-refractivity contribution in [2.75, 3.05) is 6.61 Å². The van der Waals surface area contributed by atoms with Crippen LogP contribution in [0.15, 0.2) is 33.2 Å². The van der Waals surface area contributed by atoms with E-state index in [-0.39, 0.29) is 0 Å². The number of benzene rings is 1. The molecule has 0 radical (unpaired) electrons. The Bertz CT molecular complexity index is 581. The Labute approximate surface area is 121 Å². The molecule has 4 nitrogen and oxygen atoms in total. The fraction of sp³-hybridized carbons (Fsp3) is 0.167. The second kappa shape index (κ2) is 5.67. The summed E-state index contributed by atoms with van der Waals surface area (Å²) in [5, 5.41) is 6.77. The molecule has 1 N–H and O–H groups in total. The lowest BCUT2D eigenvalue weighted by Crippen LogP contribution is -2.04. The van der Waals surface area contributed by atoms with Crippen LogP contribution in [0, 0.1) is 0 Å². The van der Waals surface area contributed by atoms with Crippen LogP contribution in [0.25, 0.3) is 11.3 Å². The number of halogens is 2. The van der Waals surface area contributed by atoms with Gasteiger partial charge in [-0.05, 0) is 57.0 Å². The molecule has 1 heterocycles. The second-order valence-electron chi connectivity index (χ2n) is 3.52. The lowest BCUT2D eigenvalue weighted by molar-refractivity contribution is 0.0519. The topological polar surface area (TPSA) is 55.0 Å². The number of ether oxygens (including phenoxy) is 1. The van der Waals surface area contributed by atoms with Crippen LogP contribution in [0.4, 0.5) is 0 Å². The number of hydrogen-bond donors (Lipinski definition) is 1. The van der Waals surface area contributed by atoms with Gasteiger partial charge < -0.3 is 4.74 Å². The van der Waals surface area contributed by atoms with Crippen molar-refractivity contribution >= 4 is 37.8 Å². The van der Waals surface area contributed by atoms with Gasteiger partial charge in [0.05, 0.1) is 12.3 Å². The molecule has 0 atom stereocenters. The van der Waals surface area contributed by atoms with E-state index in [1.165, 1.54) is 0 Å². The molecule has 18 heavy (non-hydrogen) atoms. The van der Waals surface area contributed by atoms with Crippen molar-refractivity contribution in [3.8, 4) is 11.3 Å². The zero-order chi connectivity index (χ0) is 13.1. The number of aromatic nitrogens is 2. The first-order chi connectivity index (χ1) is 8.61. The lowest BCUT2D eigenvalue weighted by atomic mass is 10.1. The summed E-state index contributed by atoms with van der Waals surface area (Å²) in [6.45, 7) is 2.11. The van der Waals surface area contributed by atoms with E-state index < -0.39 is 5.97 Å². The van der Waals surface area contributed by atoms with E-state index >= 15 is 0 Å². The third-order valence-corrected chi connectivity index (χ3v) is 4.17. The average Bonchev–Trinajstić information content (AvgIpc) is 2.82. The summed E-state index contributed by atoms with van der Waals surface area (Å²) in [5.74, 6) is -0.396. The van der Waals surface area contributed by atoms with Crippen LogP contribution in [0.2, 0.25) is 0 Å². The van der Waals surface area contributed by atoms with Crippen molar-refractivity contribution in [1.29, 1.82) is 0 Å². The fourth-order valence-electron chi connectivity index (χ4n) is 1.44. The average molecular weight is 374 g/mol. The molecule has 0 saturated carbocycles. The van der Waals surface area contributed by atoms with E-state index in [9.17, 15) is 4.79 Å². The molecular weight excluding hydrogens is 364 g/mol. The number of esters is 1. The summed E-state index contributed by atoms with van der Waals surface area (Å²) in [7, 11) is 0. The number of H-pyrrole nitrogens is 1. The predicted octanol–water partition coefficient (Wildman–Crippen LogP) is 3.78. The lowest BCUT2D eigenvalue weighted by Gasteiger charge is -1.99. The molecule has 2 aromatic rings. The van der Waals surface area contributed by atoms with Crippen LogP contribution < -0.4 is 0 Å². The molecule has 1 aromatic heterocycles. The third kappa shape index (κ3) is 2.81. The first-order valence-electron chi connectivity index (χ1n) is 5.29. The van der Waals surface area contributed by atoms with Crippen LogP contribution in [0.1, 0.15) is 17.4 Å². The van der Waals surface area contributed by atoms with E-state index in [0.29, 0.717) is 18.0 Å². The molecular formula is C12H10Br2N2O2. The molecule has 2 rings (SSSR count). The van der Waals surface area contributed by atoms with E-state index in [0.717, 1.165) is 14.5 Å². The third-order valence-electron chi connectivity index (χ3n) is 2.29. The predicted molar refractivity (Wildman–Crippen MR) is 75.4 cm³/mol. The minimum Gasteiger partial charge on any atom is -0.461 e. The number of carbonyl (C=O) groups is 1. The number of hydrogen-bond acceptors (Lipinski definition) is 3. The molecule has 0 fully saturated rings. The van der Waals surface area contributed by atoms with Gasteiger partial charge in [0, 0.05) is 14.5 Å². The summed E-state index contributed by atoms with van der Waals surface area (Å²) in [4.78, 5) is 11.5. The molecule has 0 bridgehead atoms. The van der Waals surface area contributed by atoms with Crippen LogP contribution >= 0.6 is 31.9 Å². The summed E-state index contributed by atoms with van der Waals surface area (Å²) in [6.07, 6.45) is 0. The number of carbonyl (C=O) groups excluding carboxylic acids is 1. The SMILES string of the molecule is CCOC(=O)c1cc(-c2ccc(Br)c(Br)c2)n[nH]1. The highest BCUT2D eigenvalue weighted by atomic mass is 79.9. The zero-order valence-corrected chi connectivity index (χ0v) is 12.7. The molecule has 0 saturated heterocycles. The Kier molecular flexibility index (Phi) is 4.19. The minimum absolute atomic E-state index is 0.344. The van der Waals surface area contributed by atoms with Gasteiger partial charge in [-0.25, -0.2) is 4.79 Å². The van der Waals surface area contributed by atoms with Crippen LogP contribution in [0.3, 0.4) is 0 Å². The molecule has 0 aliphatic carbocycles. The number of nitrogens with zero attached hydrogens (tertiary/aromatic N) is 1. The van der Waals surface area contributed by atoms with E-state index in [2.05, 4.69) is 42.1 Å². The van der Waals surface area contributed by atoms with E-state index in [4.69, 9.17) is 4.74 Å². The largest absolute Gasteiger partial charge is 0.461 e. The monoisotopic (exact) mass is 372 g/mol. The molecule has 0 aliphatic heterocycles. The van der Waals surface area contributed by atoms with Crippen molar-refractivity contribution in [3.63, 3.8) is 0 Å². The van der Waals surface area contributed by atoms with Gasteiger partial charge >= 0.3 is 5.97 Å². The normalized spacial score (nSPS) is 10.4. The number of aromatic amines is 1. The highest BCUT2D eigenvalue weighted by Crippen LogP contribution is 2.28. The highest BCUT2D eigenvalue weighted by Gasteiger charge is 2.12. The van der Waals surface area contributed by atoms with Gasteiger partial charge in [0.25, 0.3) is 0 Å². The van der Waals surface area contributed by atoms with Crippen molar-refractivity contribution in [1.82, 2.24) is 10.2 Å². The van der Waals surface area contributed by atoms with E-state index in [1.54, 1.807) is 13.0 Å². The fourth-order valence-corrected chi connectivity index (χ4v) is 2.06. The van der Waals surface area contributed by atoms with Crippen molar-refractivity contribution in [2.45, 2.75) is 6.92 Å². The Morgan fingerprint density at radius 1 is 1.33 bits per heavy atom. The van der Waals surface area contributed by atoms with Gasteiger partial charge in [0.1, 0.15) is 5.69 Å². The van der Waals surface area contributed by atoms with Crippen molar-refractivity contribution in [3.05, 3.63) is 38.9 Å². The van der Waals surface area contributed by atoms with Gasteiger partial charge in [-0.1, -0.05) is 6.07 Å². The maximum atomic E-state index is 11.5. The highest BCUT2D eigenvalue weighted by molar-refractivity contribution is 9.13. The number of rotatable bonds is 3. The minimum atomic E-state index is -0.396. The molecule has 0 unspecified atom stereocenters. The number of nitrogens with one attached hydrogen (secondary N) is 1. The standard InChI is InChI=1S/C12H10Br2N2O2/c1-2-18-12(17)11-6-10(15-16-11)7-3-4-8(13)9(14)5-7/h3-6H,2H2,1H3,(H,15,16). The Hall–Kier alpha value is -1.14. The molecule has 0 amide bonds. The first-order valence-corrected chi connectivity index (χ1v) is 6.88. The smallest absolute Gasteiger partial charge is 0.356 e. The van der Waals surface area contributed by atoms with Crippen molar-refractivity contribution < 1.29 is 9.53 Å². The Morgan fingerprint density at radius 3 is 2.78 bits per heavy atom. The van der Waals surface area contributed by atoms with Gasteiger partial charge in [-0.3, -0.25) is 5.10 Å². The van der Waals surface area contributed by atoms with E-state index in [1.807, 2.05) is 18.2 Å². The Balaban J connectivity index is 2.29. The summed E-state index contributed by atoms with van der Waals surface area (Å²) in [6, 6.07) is 7.43. The summed E-state index contributed by atoms with van der Waals surface area (Å²) >= 11 is 6.83. The van der Waals surface area contributed by atoms with Gasteiger partial charge in [0.15, 0.2) is 0 Å². The zero-order valence-electron chi connectivity index (χ0n) is 9.54. The van der Waals surface area contributed by atoms with Crippen LogP contribution in [-0.2, 0) is 4.74 Å². The van der Waals surface area contributed by atoms with Gasteiger partial charge in [-0.2, -0.15) is 5.10 Å². The molecule has 0 aliphatic rings. The molecule has 0 spiro atoms. The maximum Gasteiger partial charge on any atom is 0.356 e. The first kappa shape index (κ1) is 13.3. The molecule has 6 heteroatoms. The van der Waals surface area contributed by atoms with Crippen molar-refractivity contribution in [2.24, 2.45) is 0 Å². The molecule has 1 aromatic carbocycles. The quantitative estimate of drug-likeness (QED) is 0.833.